The first-order valence-electron chi connectivity index (χ1n) is 11.4. The average Bonchev–Trinajstić information content (AvgIpc) is 3.26. The van der Waals surface area contributed by atoms with Crippen LogP contribution in [0.15, 0.2) is 67.0 Å². The molecule has 0 bridgehead atoms. The summed E-state index contributed by atoms with van der Waals surface area (Å²) in [7, 11) is 0. The van der Waals surface area contributed by atoms with E-state index in [4.69, 9.17) is 4.74 Å². The molecule has 2 fully saturated rings. The Morgan fingerprint density at radius 1 is 0.970 bits per heavy atom. The highest BCUT2D eigenvalue weighted by Gasteiger charge is 2.28. The van der Waals surface area contributed by atoms with Crippen LogP contribution in [0.4, 0.5) is 17.2 Å². The Morgan fingerprint density at radius 3 is 2.67 bits per heavy atom. The highest BCUT2D eigenvalue weighted by Crippen LogP contribution is 2.31. The Kier molecular flexibility index (Phi) is 5.03. The lowest BCUT2D eigenvalue weighted by atomic mass is 9.92. The normalized spacial score (nSPS) is 16.7. The van der Waals surface area contributed by atoms with E-state index in [1.165, 1.54) is 5.69 Å². The fourth-order valence-corrected chi connectivity index (χ4v) is 4.49. The minimum Gasteiger partial charge on any atom is -0.378 e. The van der Waals surface area contributed by atoms with Crippen molar-refractivity contribution in [1.29, 1.82) is 0 Å². The van der Waals surface area contributed by atoms with Crippen LogP contribution in [0, 0.1) is 0 Å². The van der Waals surface area contributed by atoms with Crippen LogP contribution in [-0.2, 0) is 9.53 Å². The summed E-state index contributed by atoms with van der Waals surface area (Å²) in [5.41, 5.74) is 5.35. The number of anilines is 3. The minimum absolute atomic E-state index is 0.207. The summed E-state index contributed by atoms with van der Waals surface area (Å²) in [4.78, 5) is 18.2. The number of rotatable bonds is 5. The lowest BCUT2D eigenvalue weighted by Crippen LogP contribution is -2.36. The summed E-state index contributed by atoms with van der Waals surface area (Å²) in [5.74, 6) is 1.11. The topological polar surface area (TPSA) is 72.3 Å². The molecule has 6 rings (SSSR count). The second kappa shape index (κ2) is 8.33. The van der Waals surface area contributed by atoms with Crippen LogP contribution < -0.4 is 10.2 Å². The van der Waals surface area contributed by atoms with E-state index in [2.05, 4.69) is 62.8 Å². The van der Waals surface area contributed by atoms with Gasteiger partial charge in [0.15, 0.2) is 0 Å². The molecule has 2 aliphatic rings. The largest absolute Gasteiger partial charge is 0.378 e. The van der Waals surface area contributed by atoms with Crippen molar-refractivity contribution in [2.45, 2.75) is 18.9 Å². The molecule has 0 atom stereocenters. The highest BCUT2D eigenvalue weighted by molar-refractivity contribution is 5.87. The number of carbonyl (C=O) groups is 1. The lowest BCUT2D eigenvalue weighted by Gasteiger charge is -2.29. The third-order valence-corrected chi connectivity index (χ3v) is 6.41. The van der Waals surface area contributed by atoms with Crippen LogP contribution in [-0.4, -0.2) is 46.9 Å². The van der Waals surface area contributed by atoms with Gasteiger partial charge in [-0.25, -0.2) is 4.98 Å². The molecule has 1 aliphatic heterocycles. The standard InChI is InChI=1S/C26H25N5O2/c32-24-15-23(16-24)31-17-20-12-18(4-5-25(20)29-31)19-6-7-27-26(13-19)28-21-2-1-3-22(14-21)30-8-10-33-11-9-30/h1-7,12-14,17,23H,8-11,15-16H2,(H,27,28). The molecule has 0 unspecified atom stereocenters. The van der Waals surface area contributed by atoms with Crippen molar-refractivity contribution >= 4 is 33.9 Å². The van der Waals surface area contributed by atoms with E-state index in [-0.39, 0.29) is 6.04 Å². The molecule has 2 aromatic carbocycles. The molecular weight excluding hydrogens is 414 g/mol. The fraction of sp³-hybridized carbons (Fsp3) is 0.269. The molecule has 3 heterocycles. The van der Waals surface area contributed by atoms with Crippen LogP contribution in [0.1, 0.15) is 18.9 Å². The van der Waals surface area contributed by atoms with Gasteiger partial charge in [-0.05, 0) is 53.6 Å². The summed E-state index contributed by atoms with van der Waals surface area (Å²) >= 11 is 0. The molecule has 1 saturated carbocycles. The van der Waals surface area contributed by atoms with Crippen LogP contribution in [0.2, 0.25) is 0 Å². The first-order chi connectivity index (χ1) is 16.2. The maximum Gasteiger partial charge on any atom is 0.137 e. The number of morpholine rings is 1. The van der Waals surface area contributed by atoms with Crippen molar-refractivity contribution in [3.63, 3.8) is 0 Å². The molecule has 1 saturated heterocycles. The Hall–Kier alpha value is -3.71. The van der Waals surface area contributed by atoms with Crippen molar-refractivity contribution in [3.05, 3.63) is 67.0 Å². The lowest BCUT2D eigenvalue weighted by molar-refractivity contribution is -0.126. The summed E-state index contributed by atoms with van der Waals surface area (Å²) in [5, 5.41) is 9.18. The van der Waals surface area contributed by atoms with Crippen LogP contribution in [0.25, 0.3) is 22.0 Å². The second-order valence-electron chi connectivity index (χ2n) is 8.69. The quantitative estimate of drug-likeness (QED) is 0.491. The third kappa shape index (κ3) is 4.07. The first-order valence-corrected chi connectivity index (χ1v) is 11.4. The number of benzene rings is 2. The smallest absolute Gasteiger partial charge is 0.137 e. The Morgan fingerprint density at radius 2 is 1.82 bits per heavy atom. The van der Waals surface area contributed by atoms with Gasteiger partial charge in [-0.3, -0.25) is 9.48 Å². The van der Waals surface area contributed by atoms with Crippen molar-refractivity contribution in [1.82, 2.24) is 14.8 Å². The van der Waals surface area contributed by atoms with Gasteiger partial charge in [-0.1, -0.05) is 12.1 Å². The van der Waals surface area contributed by atoms with Crippen LogP contribution in [0.3, 0.4) is 0 Å². The van der Waals surface area contributed by atoms with Crippen molar-refractivity contribution in [2.24, 2.45) is 0 Å². The number of hydrogen-bond acceptors (Lipinski definition) is 6. The number of aromatic nitrogens is 3. The van der Waals surface area contributed by atoms with E-state index >= 15 is 0 Å². The zero-order chi connectivity index (χ0) is 22.2. The van der Waals surface area contributed by atoms with Crippen molar-refractivity contribution < 1.29 is 9.53 Å². The molecule has 0 amide bonds. The molecule has 0 radical (unpaired) electrons. The van der Waals surface area contributed by atoms with Crippen LogP contribution >= 0.6 is 0 Å². The number of ketones is 1. The molecule has 0 spiro atoms. The predicted octanol–water partition coefficient (Wildman–Crippen LogP) is 4.58. The van der Waals surface area contributed by atoms with Gasteiger partial charge in [-0.15, -0.1) is 0 Å². The van der Waals surface area contributed by atoms with E-state index in [1.54, 1.807) is 0 Å². The molecule has 166 valence electrons. The Labute approximate surface area is 192 Å². The van der Waals surface area contributed by atoms with Gasteiger partial charge in [0, 0.05) is 55.1 Å². The maximum absolute atomic E-state index is 11.3. The zero-order valence-corrected chi connectivity index (χ0v) is 18.3. The molecule has 4 aromatic rings. The highest BCUT2D eigenvalue weighted by atomic mass is 16.5. The number of ether oxygens (including phenoxy) is 1. The number of nitrogens with one attached hydrogen (secondary N) is 1. The molecule has 2 aromatic heterocycles. The monoisotopic (exact) mass is 439 g/mol. The molecule has 7 heteroatoms. The number of hydrogen-bond donors (Lipinski definition) is 1. The van der Waals surface area contributed by atoms with E-state index in [1.807, 2.05) is 29.2 Å². The second-order valence-corrected chi connectivity index (χ2v) is 8.69. The van der Waals surface area contributed by atoms with Gasteiger partial charge >= 0.3 is 0 Å². The number of carbonyl (C=O) groups excluding carboxylic acids is 1. The predicted molar refractivity (Wildman–Crippen MR) is 129 cm³/mol. The maximum atomic E-state index is 11.3. The van der Waals surface area contributed by atoms with Gasteiger partial charge in [0.05, 0.1) is 24.8 Å². The van der Waals surface area contributed by atoms with Gasteiger partial charge in [0.1, 0.15) is 11.6 Å². The van der Waals surface area contributed by atoms with Gasteiger partial charge < -0.3 is 15.0 Å². The number of Topliss-reactive ketones (excluding diaryl/α,β-unsaturated/α-hetero) is 1. The van der Waals surface area contributed by atoms with E-state index in [9.17, 15) is 4.79 Å². The van der Waals surface area contributed by atoms with Crippen LogP contribution in [0.5, 0.6) is 0 Å². The third-order valence-electron chi connectivity index (χ3n) is 6.41. The number of nitrogens with zero attached hydrogens (tertiary/aromatic N) is 4. The molecule has 7 nitrogen and oxygen atoms in total. The van der Waals surface area contributed by atoms with Gasteiger partial charge in [-0.2, -0.15) is 5.10 Å². The first kappa shape index (κ1) is 19.9. The summed E-state index contributed by atoms with van der Waals surface area (Å²) in [6.07, 6.45) is 5.06. The van der Waals surface area contributed by atoms with E-state index in [0.29, 0.717) is 18.6 Å². The SMILES string of the molecule is O=C1CC(n2cc3cc(-c4ccnc(Nc5cccc(N6CCOCC6)c5)c4)ccc3n2)C1. The van der Waals surface area contributed by atoms with Gasteiger partial charge in [0.2, 0.25) is 0 Å². The molecule has 1 N–H and O–H groups in total. The van der Waals surface area contributed by atoms with Crippen molar-refractivity contribution in [3.8, 4) is 11.1 Å². The summed E-state index contributed by atoms with van der Waals surface area (Å²) in [6.45, 7) is 3.35. The number of pyridine rings is 1. The average molecular weight is 440 g/mol. The molecule has 1 aliphatic carbocycles. The van der Waals surface area contributed by atoms with E-state index in [0.717, 1.165) is 59.8 Å². The summed E-state index contributed by atoms with van der Waals surface area (Å²) < 4.78 is 7.41. The van der Waals surface area contributed by atoms with E-state index < -0.39 is 0 Å². The summed E-state index contributed by atoms with van der Waals surface area (Å²) in [6, 6.07) is 19.0. The number of fused-ring (bicyclic) bond motifs is 1. The minimum atomic E-state index is 0.207. The Balaban J connectivity index is 1.23. The molecular formula is C26H25N5O2. The van der Waals surface area contributed by atoms with Crippen molar-refractivity contribution in [2.75, 3.05) is 36.5 Å². The zero-order valence-electron chi connectivity index (χ0n) is 18.3. The van der Waals surface area contributed by atoms with Gasteiger partial charge in [0.25, 0.3) is 0 Å². The fourth-order valence-electron chi connectivity index (χ4n) is 4.49. The molecule has 33 heavy (non-hydrogen) atoms. The Bertz CT molecular complexity index is 1320.